The van der Waals surface area contributed by atoms with Gasteiger partial charge >= 0.3 is 0 Å². The molecule has 1 aliphatic carbocycles. The second kappa shape index (κ2) is 3.83. The second-order valence-corrected chi connectivity index (χ2v) is 4.46. The topological polar surface area (TPSA) is 36.0 Å². The van der Waals surface area contributed by atoms with Gasteiger partial charge in [0.25, 0.3) is 0 Å². The van der Waals surface area contributed by atoms with Crippen molar-refractivity contribution < 1.29 is 5.11 Å². The van der Waals surface area contributed by atoms with Crippen molar-refractivity contribution in [3.63, 3.8) is 0 Å². The Morgan fingerprint density at radius 2 is 1.93 bits per heavy atom. The fourth-order valence-corrected chi connectivity index (χ4v) is 2.31. The molecule has 2 N–H and O–H groups in total. The Morgan fingerprint density at radius 3 is 2.57 bits per heavy atom. The average Bonchev–Trinajstić information content (AvgIpc) is 2.19. The predicted molar refractivity (Wildman–Crippen MR) is 58.6 cm³/mol. The van der Waals surface area contributed by atoms with E-state index in [9.17, 15) is 5.11 Å². The van der Waals surface area contributed by atoms with E-state index in [1.54, 1.807) is 0 Å². The van der Waals surface area contributed by atoms with Crippen LogP contribution in [-0.2, 0) is 5.60 Å². The third-order valence-corrected chi connectivity index (χ3v) is 3.19. The van der Waals surface area contributed by atoms with E-state index in [4.69, 9.17) is 12.2 Å². The molecule has 1 aromatic rings. The minimum atomic E-state index is -0.660. The van der Waals surface area contributed by atoms with Crippen LogP contribution in [0.25, 0.3) is 0 Å². The van der Waals surface area contributed by atoms with E-state index in [1.165, 1.54) is 6.42 Å². The number of hydrogen-bond donors (Lipinski definition) is 2. The molecule has 0 amide bonds. The lowest BCUT2D eigenvalue weighted by atomic mass is 9.82. The quantitative estimate of drug-likeness (QED) is 0.698. The minimum absolute atomic E-state index is 0.660. The van der Waals surface area contributed by atoms with Crippen molar-refractivity contribution in [1.82, 2.24) is 4.98 Å². The molecule has 1 fully saturated rings. The van der Waals surface area contributed by atoms with Crippen LogP contribution in [0.2, 0.25) is 0 Å². The van der Waals surface area contributed by atoms with Gasteiger partial charge in [0.2, 0.25) is 0 Å². The van der Waals surface area contributed by atoms with Crippen molar-refractivity contribution in [2.45, 2.75) is 37.7 Å². The van der Waals surface area contributed by atoms with Crippen LogP contribution in [0.15, 0.2) is 18.2 Å². The summed E-state index contributed by atoms with van der Waals surface area (Å²) in [6.45, 7) is 0. The molecule has 1 aromatic heterocycles. The molecule has 3 heteroatoms. The number of hydrogen-bond acceptors (Lipinski definition) is 2. The standard InChI is InChI=1S/C11H15NOS/c13-11(7-2-1-3-8-11)9-5-4-6-10(14)12-9/h4-6,13H,1-3,7-8H2,(H,12,14). The van der Waals surface area contributed by atoms with Gasteiger partial charge in [0.1, 0.15) is 10.2 Å². The monoisotopic (exact) mass is 209 g/mol. The molecule has 2 rings (SSSR count). The molecule has 0 saturated heterocycles. The number of pyridine rings is 1. The zero-order valence-corrected chi connectivity index (χ0v) is 8.94. The second-order valence-electron chi connectivity index (χ2n) is 4.02. The summed E-state index contributed by atoms with van der Waals surface area (Å²) >= 11 is 5.05. The van der Waals surface area contributed by atoms with Gasteiger partial charge in [-0.25, -0.2) is 0 Å². The van der Waals surface area contributed by atoms with Gasteiger partial charge in [-0.1, -0.05) is 37.5 Å². The first-order valence-corrected chi connectivity index (χ1v) is 5.54. The van der Waals surface area contributed by atoms with Gasteiger partial charge in [-0.3, -0.25) is 0 Å². The first-order valence-electron chi connectivity index (χ1n) is 5.13. The van der Waals surface area contributed by atoms with E-state index in [1.807, 2.05) is 18.2 Å². The Morgan fingerprint density at radius 1 is 1.21 bits per heavy atom. The Kier molecular flexibility index (Phi) is 2.70. The Balaban J connectivity index is 2.32. The molecular weight excluding hydrogens is 194 g/mol. The molecule has 1 heterocycles. The molecule has 2 nitrogen and oxygen atoms in total. The summed E-state index contributed by atoms with van der Waals surface area (Å²) in [5, 5.41) is 10.4. The fraction of sp³-hybridized carbons (Fsp3) is 0.545. The molecule has 0 unspecified atom stereocenters. The van der Waals surface area contributed by atoms with E-state index in [2.05, 4.69) is 4.98 Å². The third-order valence-electron chi connectivity index (χ3n) is 2.95. The molecular formula is C11H15NOS. The van der Waals surface area contributed by atoms with Gasteiger partial charge in [-0.15, -0.1) is 0 Å². The summed E-state index contributed by atoms with van der Waals surface area (Å²) in [7, 11) is 0. The van der Waals surface area contributed by atoms with Crippen molar-refractivity contribution in [3.8, 4) is 0 Å². The highest BCUT2D eigenvalue weighted by Crippen LogP contribution is 2.35. The number of rotatable bonds is 1. The molecule has 0 spiro atoms. The summed E-state index contributed by atoms with van der Waals surface area (Å²) < 4.78 is 0.696. The van der Waals surface area contributed by atoms with Crippen LogP contribution in [-0.4, -0.2) is 10.1 Å². The molecule has 0 aromatic carbocycles. The zero-order chi connectivity index (χ0) is 10.0. The summed E-state index contributed by atoms with van der Waals surface area (Å²) in [5.41, 5.74) is 0.220. The molecule has 0 aliphatic heterocycles. The largest absolute Gasteiger partial charge is 0.384 e. The molecule has 0 bridgehead atoms. The van der Waals surface area contributed by atoms with Gasteiger partial charge in [-0.05, 0) is 25.0 Å². The first-order chi connectivity index (χ1) is 6.71. The van der Waals surface area contributed by atoms with Crippen molar-refractivity contribution >= 4 is 12.2 Å². The van der Waals surface area contributed by atoms with Crippen molar-refractivity contribution in [3.05, 3.63) is 28.5 Å². The van der Waals surface area contributed by atoms with E-state index in [-0.39, 0.29) is 0 Å². The average molecular weight is 209 g/mol. The van der Waals surface area contributed by atoms with Crippen LogP contribution in [0, 0.1) is 4.64 Å². The maximum atomic E-state index is 10.4. The molecule has 0 atom stereocenters. The Labute approximate surface area is 89.0 Å². The van der Waals surface area contributed by atoms with Gasteiger partial charge in [0.15, 0.2) is 0 Å². The molecule has 1 saturated carbocycles. The van der Waals surface area contributed by atoms with E-state index in [0.29, 0.717) is 4.64 Å². The smallest absolute Gasteiger partial charge is 0.104 e. The van der Waals surface area contributed by atoms with Gasteiger partial charge in [-0.2, -0.15) is 0 Å². The lowest BCUT2D eigenvalue weighted by Crippen LogP contribution is -2.29. The summed E-state index contributed by atoms with van der Waals surface area (Å²) in [4.78, 5) is 3.08. The Hall–Kier alpha value is -0.670. The van der Waals surface area contributed by atoms with Crippen LogP contribution in [0.5, 0.6) is 0 Å². The molecule has 76 valence electrons. The molecule has 14 heavy (non-hydrogen) atoms. The fourth-order valence-electron chi connectivity index (χ4n) is 2.13. The van der Waals surface area contributed by atoms with E-state index in [0.717, 1.165) is 31.4 Å². The van der Waals surface area contributed by atoms with Crippen LogP contribution in [0.3, 0.4) is 0 Å². The lowest BCUT2D eigenvalue weighted by Gasteiger charge is -2.31. The van der Waals surface area contributed by atoms with Gasteiger partial charge in [0, 0.05) is 5.69 Å². The number of H-pyrrole nitrogens is 1. The van der Waals surface area contributed by atoms with Crippen LogP contribution >= 0.6 is 12.2 Å². The minimum Gasteiger partial charge on any atom is -0.384 e. The number of aromatic amines is 1. The zero-order valence-electron chi connectivity index (χ0n) is 8.12. The van der Waals surface area contributed by atoms with Crippen LogP contribution in [0.4, 0.5) is 0 Å². The van der Waals surface area contributed by atoms with Gasteiger partial charge < -0.3 is 10.1 Å². The maximum absolute atomic E-state index is 10.4. The summed E-state index contributed by atoms with van der Waals surface area (Å²) in [6.07, 6.45) is 5.14. The van der Waals surface area contributed by atoms with E-state index < -0.39 is 5.60 Å². The normalized spacial score (nSPS) is 20.6. The SMILES string of the molecule is OC1(c2cccc(=S)[nH]2)CCCCC1. The highest BCUT2D eigenvalue weighted by molar-refractivity contribution is 7.71. The van der Waals surface area contributed by atoms with Crippen LogP contribution in [0.1, 0.15) is 37.8 Å². The van der Waals surface area contributed by atoms with Crippen LogP contribution < -0.4 is 0 Å². The maximum Gasteiger partial charge on any atom is 0.104 e. The van der Waals surface area contributed by atoms with Crippen molar-refractivity contribution in [1.29, 1.82) is 0 Å². The summed E-state index contributed by atoms with van der Waals surface area (Å²) in [6, 6.07) is 5.67. The molecule has 0 radical (unpaired) electrons. The third kappa shape index (κ3) is 1.88. The highest BCUT2D eigenvalue weighted by atomic mass is 32.1. The van der Waals surface area contributed by atoms with Crippen molar-refractivity contribution in [2.24, 2.45) is 0 Å². The van der Waals surface area contributed by atoms with Gasteiger partial charge in [0.05, 0.1) is 0 Å². The first kappa shape index (κ1) is 9.87. The highest BCUT2D eigenvalue weighted by Gasteiger charge is 2.31. The number of aliphatic hydroxyl groups is 1. The van der Waals surface area contributed by atoms with E-state index >= 15 is 0 Å². The van der Waals surface area contributed by atoms with Crippen molar-refractivity contribution in [2.75, 3.05) is 0 Å². The Bertz CT molecular complexity index is 366. The molecule has 1 aliphatic rings. The summed E-state index contributed by atoms with van der Waals surface area (Å²) in [5.74, 6) is 0. The number of aromatic nitrogens is 1. The predicted octanol–water partition coefficient (Wildman–Crippen LogP) is 2.90. The number of nitrogens with one attached hydrogen (secondary N) is 1. The lowest BCUT2D eigenvalue weighted by molar-refractivity contribution is -0.00470.